The van der Waals surface area contributed by atoms with E-state index in [0.717, 1.165) is 25.7 Å². The highest BCUT2D eigenvalue weighted by atomic mass is 32.2. The van der Waals surface area contributed by atoms with E-state index in [2.05, 4.69) is 30.5 Å². The standard InChI is InChI=1S/C16H24N2OS/c1-18(11-12-3-9-15(20-2)10-4-12)16(19)13-5-7-14(17)8-6-13/h3-4,9-10,13-14H,5-8,11,17H2,1-2H3. The molecule has 0 aromatic heterocycles. The molecule has 4 heteroatoms. The first-order chi connectivity index (χ1) is 9.60. The monoisotopic (exact) mass is 292 g/mol. The Morgan fingerprint density at radius 1 is 1.25 bits per heavy atom. The first-order valence-corrected chi connectivity index (χ1v) is 8.46. The van der Waals surface area contributed by atoms with Gasteiger partial charge in [-0.1, -0.05) is 12.1 Å². The van der Waals surface area contributed by atoms with Crippen molar-refractivity contribution in [3.05, 3.63) is 29.8 Å². The van der Waals surface area contributed by atoms with Gasteiger partial charge in [0.25, 0.3) is 0 Å². The van der Waals surface area contributed by atoms with Crippen molar-refractivity contribution >= 4 is 17.7 Å². The minimum atomic E-state index is 0.172. The third-order valence-corrected chi connectivity index (χ3v) is 4.82. The second-order valence-electron chi connectivity index (χ2n) is 5.65. The van der Waals surface area contributed by atoms with Gasteiger partial charge in [-0.3, -0.25) is 4.79 Å². The minimum Gasteiger partial charge on any atom is -0.341 e. The molecule has 0 unspecified atom stereocenters. The lowest BCUT2D eigenvalue weighted by Gasteiger charge is -2.29. The molecule has 1 aliphatic rings. The SMILES string of the molecule is CSc1ccc(CN(C)C(=O)C2CCC(N)CC2)cc1. The fourth-order valence-corrected chi connectivity index (χ4v) is 3.17. The fraction of sp³-hybridized carbons (Fsp3) is 0.562. The predicted octanol–water partition coefficient (Wildman–Crippen LogP) is 2.88. The number of carbonyl (C=O) groups is 1. The molecule has 0 atom stereocenters. The number of benzene rings is 1. The summed E-state index contributed by atoms with van der Waals surface area (Å²) in [4.78, 5) is 15.5. The van der Waals surface area contributed by atoms with E-state index in [1.54, 1.807) is 11.8 Å². The van der Waals surface area contributed by atoms with E-state index in [1.807, 2.05) is 11.9 Å². The molecule has 110 valence electrons. The van der Waals surface area contributed by atoms with Gasteiger partial charge in [0, 0.05) is 30.4 Å². The van der Waals surface area contributed by atoms with E-state index in [4.69, 9.17) is 5.73 Å². The van der Waals surface area contributed by atoms with E-state index in [0.29, 0.717) is 12.6 Å². The summed E-state index contributed by atoms with van der Waals surface area (Å²) in [5.41, 5.74) is 7.08. The largest absolute Gasteiger partial charge is 0.341 e. The van der Waals surface area contributed by atoms with Crippen LogP contribution in [0.15, 0.2) is 29.2 Å². The molecule has 1 amide bonds. The van der Waals surface area contributed by atoms with Crippen molar-refractivity contribution in [1.82, 2.24) is 4.90 Å². The minimum absolute atomic E-state index is 0.172. The van der Waals surface area contributed by atoms with Gasteiger partial charge in [-0.25, -0.2) is 0 Å². The van der Waals surface area contributed by atoms with Crippen LogP contribution >= 0.6 is 11.8 Å². The Bertz CT molecular complexity index is 438. The van der Waals surface area contributed by atoms with Gasteiger partial charge in [0.05, 0.1) is 0 Å². The maximum absolute atomic E-state index is 12.4. The molecule has 0 heterocycles. The van der Waals surface area contributed by atoms with Crippen LogP contribution in [0.2, 0.25) is 0 Å². The smallest absolute Gasteiger partial charge is 0.225 e. The highest BCUT2D eigenvalue weighted by molar-refractivity contribution is 7.98. The molecule has 1 aromatic carbocycles. The normalized spacial score (nSPS) is 22.6. The molecule has 20 heavy (non-hydrogen) atoms. The summed E-state index contributed by atoms with van der Waals surface area (Å²) < 4.78 is 0. The quantitative estimate of drug-likeness (QED) is 0.868. The highest BCUT2D eigenvalue weighted by Gasteiger charge is 2.26. The maximum Gasteiger partial charge on any atom is 0.225 e. The molecule has 0 spiro atoms. The van der Waals surface area contributed by atoms with Crippen molar-refractivity contribution in [2.24, 2.45) is 11.7 Å². The number of carbonyl (C=O) groups excluding carboxylic acids is 1. The van der Waals surface area contributed by atoms with Crippen molar-refractivity contribution in [3.63, 3.8) is 0 Å². The first-order valence-electron chi connectivity index (χ1n) is 7.23. The van der Waals surface area contributed by atoms with Crippen LogP contribution in [0.3, 0.4) is 0 Å². The second kappa shape index (κ2) is 7.14. The Balaban J connectivity index is 1.89. The maximum atomic E-state index is 12.4. The van der Waals surface area contributed by atoms with Crippen molar-refractivity contribution in [2.75, 3.05) is 13.3 Å². The van der Waals surface area contributed by atoms with Gasteiger partial charge in [0.2, 0.25) is 5.91 Å². The van der Waals surface area contributed by atoms with Crippen LogP contribution in [0.5, 0.6) is 0 Å². The van der Waals surface area contributed by atoms with Gasteiger partial charge in [-0.15, -0.1) is 11.8 Å². The van der Waals surface area contributed by atoms with Gasteiger partial charge in [-0.05, 0) is 49.6 Å². The lowest BCUT2D eigenvalue weighted by atomic mass is 9.85. The lowest BCUT2D eigenvalue weighted by Crippen LogP contribution is -2.37. The van der Waals surface area contributed by atoms with Crippen LogP contribution in [0.4, 0.5) is 0 Å². The molecule has 1 saturated carbocycles. The Morgan fingerprint density at radius 2 is 1.85 bits per heavy atom. The van der Waals surface area contributed by atoms with Gasteiger partial charge >= 0.3 is 0 Å². The van der Waals surface area contributed by atoms with E-state index >= 15 is 0 Å². The molecule has 0 aliphatic heterocycles. The van der Waals surface area contributed by atoms with Crippen LogP contribution < -0.4 is 5.73 Å². The van der Waals surface area contributed by atoms with Gasteiger partial charge in [-0.2, -0.15) is 0 Å². The summed E-state index contributed by atoms with van der Waals surface area (Å²) in [7, 11) is 1.90. The van der Waals surface area contributed by atoms with Crippen molar-refractivity contribution in [3.8, 4) is 0 Å². The zero-order valence-corrected chi connectivity index (χ0v) is 13.2. The number of amides is 1. The van der Waals surface area contributed by atoms with Crippen LogP contribution in [0, 0.1) is 5.92 Å². The van der Waals surface area contributed by atoms with Gasteiger partial charge in [0.1, 0.15) is 0 Å². The molecule has 0 bridgehead atoms. The third kappa shape index (κ3) is 4.00. The van der Waals surface area contributed by atoms with Crippen LogP contribution in [0.1, 0.15) is 31.2 Å². The topological polar surface area (TPSA) is 46.3 Å². The number of nitrogens with two attached hydrogens (primary N) is 1. The zero-order chi connectivity index (χ0) is 14.5. The Hall–Kier alpha value is -1.00. The van der Waals surface area contributed by atoms with Gasteiger partial charge < -0.3 is 10.6 Å². The molecule has 2 N–H and O–H groups in total. The Labute approximate surface area is 125 Å². The van der Waals surface area contributed by atoms with E-state index in [-0.39, 0.29) is 11.8 Å². The fourth-order valence-electron chi connectivity index (χ4n) is 2.76. The number of thioether (sulfide) groups is 1. The summed E-state index contributed by atoms with van der Waals surface area (Å²) in [5, 5.41) is 0. The summed E-state index contributed by atoms with van der Waals surface area (Å²) in [6, 6.07) is 8.72. The molecule has 1 aromatic rings. The molecule has 0 radical (unpaired) electrons. The van der Waals surface area contributed by atoms with Gasteiger partial charge in [0.15, 0.2) is 0 Å². The van der Waals surface area contributed by atoms with Crippen LogP contribution in [-0.2, 0) is 11.3 Å². The third-order valence-electron chi connectivity index (χ3n) is 4.08. The average molecular weight is 292 g/mol. The number of hydrogen-bond donors (Lipinski definition) is 1. The summed E-state index contributed by atoms with van der Waals surface area (Å²) in [6.45, 7) is 0.691. The molecule has 2 rings (SSSR count). The molecule has 1 fully saturated rings. The van der Waals surface area contributed by atoms with Crippen LogP contribution in [0.25, 0.3) is 0 Å². The van der Waals surface area contributed by atoms with Crippen molar-refractivity contribution in [1.29, 1.82) is 0 Å². The van der Waals surface area contributed by atoms with Crippen molar-refractivity contribution < 1.29 is 4.79 Å². The highest BCUT2D eigenvalue weighted by Crippen LogP contribution is 2.25. The van der Waals surface area contributed by atoms with Crippen molar-refractivity contribution in [2.45, 2.75) is 43.2 Å². The molecular formula is C16H24N2OS. The first kappa shape index (κ1) is 15.4. The summed E-state index contributed by atoms with van der Waals surface area (Å²) in [6.07, 6.45) is 5.91. The summed E-state index contributed by atoms with van der Waals surface area (Å²) >= 11 is 1.73. The number of nitrogens with zero attached hydrogens (tertiary/aromatic N) is 1. The number of hydrogen-bond acceptors (Lipinski definition) is 3. The molecule has 3 nitrogen and oxygen atoms in total. The Kier molecular flexibility index (Phi) is 5.49. The average Bonchev–Trinajstić information content (AvgIpc) is 2.48. The second-order valence-corrected chi connectivity index (χ2v) is 6.53. The molecular weight excluding hydrogens is 268 g/mol. The van der Waals surface area contributed by atoms with E-state index in [9.17, 15) is 4.79 Å². The number of rotatable bonds is 4. The van der Waals surface area contributed by atoms with Crippen LogP contribution in [-0.4, -0.2) is 30.2 Å². The Morgan fingerprint density at radius 3 is 2.40 bits per heavy atom. The zero-order valence-electron chi connectivity index (χ0n) is 12.3. The molecule has 0 saturated heterocycles. The van der Waals surface area contributed by atoms with E-state index in [1.165, 1.54) is 10.5 Å². The lowest BCUT2D eigenvalue weighted by molar-refractivity contribution is -0.135. The predicted molar refractivity (Wildman–Crippen MR) is 84.6 cm³/mol. The molecule has 1 aliphatic carbocycles. The van der Waals surface area contributed by atoms with E-state index < -0.39 is 0 Å². The summed E-state index contributed by atoms with van der Waals surface area (Å²) in [5.74, 6) is 0.441.